The molecule has 0 aromatic heterocycles. The zero-order valence-electron chi connectivity index (χ0n) is 21.0. The minimum Gasteiger partial charge on any atom is -0.465 e. The van der Waals surface area contributed by atoms with E-state index < -0.39 is 39.7 Å². The first-order valence-electron chi connectivity index (χ1n) is 12.0. The predicted octanol–water partition coefficient (Wildman–Crippen LogP) is 3.59. The molecular formula is C26H32N4O6S. The zero-order chi connectivity index (χ0) is 27.2. The highest BCUT2D eigenvalue weighted by Gasteiger charge is 2.38. The van der Waals surface area contributed by atoms with E-state index in [1.165, 1.54) is 29.5 Å². The number of carbonyl (C=O) groups is 3. The van der Waals surface area contributed by atoms with Gasteiger partial charge in [0.1, 0.15) is 12.1 Å². The fourth-order valence-electron chi connectivity index (χ4n) is 4.43. The molecule has 198 valence electrons. The van der Waals surface area contributed by atoms with Crippen molar-refractivity contribution in [3.8, 4) is 0 Å². The van der Waals surface area contributed by atoms with Gasteiger partial charge in [0, 0.05) is 23.3 Å². The Labute approximate surface area is 219 Å². The van der Waals surface area contributed by atoms with Gasteiger partial charge in [-0.15, -0.1) is 0 Å². The molecule has 0 radical (unpaired) electrons. The van der Waals surface area contributed by atoms with Gasteiger partial charge in [0.15, 0.2) is 0 Å². The lowest BCUT2D eigenvalue weighted by molar-refractivity contribution is -0.384. The largest absolute Gasteiger partial charge is 0.465 e. The van der Waals surface area contributed by atoms with E-state index >= 15 is 0 Å². The van der Waals surface area contributed by atoms with Crippen molar-refractivity contribution in [3.05, 3.63) is 75.3 Å². The number of nitrogens with one attached hydrogen (secondary N) is 3. The fraction of sp³-hybridized carbons (Fsp3) is 0.423. The van der Waals surface area contributed by atoms with Crippen molar-refractivity contribution in [1.82, 2.24) is 16.0 Å². The third-order valence-corrected chi connectivity index (χ3v) is 7.95. The van der Waals surface area contributed by atoms with Crippen molar-refractivity contribution in [1.29, 1.82) is 0 Å². The molecule has 2 aromatic carbocycles. The molecule has 10 nitrogen and oxygen atoms in total. The highest BCUT2D eigenvalue weighted by molar-refractivity contribution is 8.00. The first-order valence-corrected chi connectivity index (χ1v) is 13.2. The molecule has 11 heteroatoms. The minimum atomic E-state index is -1.35. The lowest BCUT2D eigenvalue weighted by Crippen LogP contribution is -2.60. The second-order valence-corrected chi connectivity index (χ2v) is 11.0. The normalized spacial score (nSPS) is 16.6. The summed E-state index contributed by atoms with van der Waals surface area (Å²) in [6, 6.07) is 11.3. The van der Waals surface area contributed by atoms with Crippen LogP contribution in [0.25, 0.3) is 0 Å². The van der Waals surface area contributed by atoms with Crippen molar-refractivity contribution < 1.29 is 24.4 Å². The Kier molecular flexibility index (Phi) is 9.14. The van der Waals surface area contributed by atoms with Crippen LogP contribution < -0.4 is 16.0 Å². The Morgan fingerprint density at radius 1 is 1.11 bits per heavy atom. The number of hydrogen-bond acceptors (Lipinski definition) is 6. The number of carboxylic acid groups (broad SMARTS) is 1. The van der Waals surface area contributed by atoms with E-state index in [0.717, 1.165) is 24.8 Å². The molecule has 0 bridgehead atoms. The summed E-state index contributed by atoms with van der Waals surface area (Å²) in [7, 11) is 0. The SMILES string of the molecule is CSC(C)(C)[C@H](NC(=O)O)C(=O)N[C@@H](Cc1ccc([N+](=O)[O-])cc1)C(=O)N[C@@H]1CCCc2ccccc21. The Hall–Kier alpha value is -3.60. The van der Waals surface area contributed by atoms with Gasteiger partial charge in [-0.25, -0.2) is 4.79 Å². The number of hydrogen-bond donors (Lipinski definition) is 4. The van der Waals surface area contributed by atoms with E-state index in [2.05, 4.69) is 16.0 Å². The molecule has 1 aliphatic rings. The monoisotopic (exact) mass is 528 g/mol. The Bertz CT molecular complexity index is 1150. The van der Waals surface area contributed by atoms with Crippen LogP contribution in [0.15, 0.2) is 48.5 Å². The molecule has 2 aromatic rings. The molecule has 3 amide bonds. The van der Waals surface area contributed by atoms with E-state index in [-0.39, 0.29) is 18.2 Å². The van der Waals surface area contributed by atoms with Crippen molar-refractivity contribution in [2.75, 3.05) is 6.26 Å². The van der Waals surface area contributed by atoms with Crippen LogP contribution in [-0.4, -0.2) is 51.0 Å². The van der Waals surface area contributed by atoms with E-state index in [1.807, 2.05) is 24.3 Å². The molecule has 37 heavy (non-hydrogen) atoms. The van der Waals surface area contributed by atoms with Crippen LogP contribution in [0.5, 0.6) is 0 Å². The van der Waals surface area contributed by atoms with Gasteiger partial charge >= 0.3 is 6.09 Å². The van der Waals surface area contributed by atoms with Gasteiger partial charge in [-0.05, 0) is 56.1 Å². The Balaban J connectivity index is 1.86. The minimum absolute atomic E-state index is 0.0728. The molecule has 1 aliphatic carbocycles. The molecule has 3 atom stereocenters. The van der Waals surface area contributed by atoms with Crippen LogP contribution in [0.2, 0.25) is 0 Å². The molecule has 0 aliphatic heterocycles. The van der Waals surface area contributed by atoms with Crippen molar-refractivity contribution in [2.45, 2.75) is 62.4 Å². The third-order valence-electron chi connectivity index (χ3n) is 6.66. The molecular weight excluding hydrogens is 496 g/mol. The predicted molar refractivity (Wildman–Crippen MR) is 142 cm³/mol. The molecule has 0 fully saturated rings. The number of amides is 3. The Morgan fingerprint density at radius 3 is 2.41 bits per heavy atom. The van der Waals surface area contributed by atoms with Crippen molar-refractivity contribution >= 4 is 35.4 Å². The molecule has 0 spiro atoms. The van der Waals surface area contributed by atoms with E-state index in [4.69, 9.17) is 0 Å². The van der Waals surface area contributed by atoms with Crippen LogP contribution in [0.1, 0.15) is 49.4 Å². The van der Waals surface area contributed by atoms with Crippen LogP contribution in [0.3, 0.4) is 0 Å². The molecule has 3 rings (SSSR count). The maximum Gasteiger partial charge on any atom is 0.405 e. The first-order chi connectivity index (χ1) is 17.5. The van der Waals surface area contributed by atoms with Gasteiger partial charge in [0.25, 0.3) is 5.69 Å². The average molecular weight is 529 g/mol. The summed E-state index contributed by atoms with van der Waals surface area (Å²) < 4.78 is -0.792. The number of nitrogens with zero attached hydrogens (tertiary/aromatic N) is 1. The zero-order valence-corrected chi connectivity index (χ0v) is 21.8. The lowest BCUT2D eigenvalue weighted by Gasteiger charge is -2.33. The maximum absolute atomic E-state index is 13.5. The number of nitro benzene ring substituents is 1. The third kappa shape index (κ3) is 7.22. The summed E-state index contributed by atoms with van der Waals surface area (Å²) in [5.74, 6) is -1.04. The topological polar surface area (TPSA) is 151 Å². The van der Waals surface area contributed by atoms with Crippen LogP contribution in [0, 0.1) is 10.1 Å². The highest BCUT2D eigenvalue weighted by atomic mass is 32.2. The maximum atomic E-state index is 13.5. The van der Waals surface area contributed by atoms with Gasteiger partial charge in [0.05, 0.1) is 11.0 Å². The number of carbonyl (C=O) groups excluding carboxylic acids is 2. The second kappa shape index (κ2) is 12.1. The summed E-state index contributed by atoms with van der Waals surface area (Å²) in [4.78, 5) is 48.8. The van der Waals surface area contributed by atoms with Gasteiger partial charge in [-0.3, -0.25) is 19.7 Å². The smallest absolute Gasteiger partial charge is 0.405 e. The molecule has 0 saturated heterocycles. The van der Waals surface area contributed by atoms with Gasteiger partial charge in [-0.2, -0.15) is 11.8 Å². The quantitative estimate of drug-likeness (QED) is 0.272. The van der Waals surface area contributed by atoms with E-state index in [0.29, 0.717) is 5.56 Å². The van der Waals surface area contributed by atoms with Crippen LogP contribution in [0.4, 0.5) is 10.5 Å². The molecule has 0 saturated carbocycles. The summed E-state index contributed by atoms with van der Waals surface area (Å²) >= 11 is 1.32. The number of fused-ring (bicyclic) bond motifs is 1. The standard InChI is InChI=1S/C26H32N4O6S/c1-26(2,37-3)22(29-25(33)34)24(32)28-21(15-16-11-13-18(14-12-16)30(35)36)23(31)27-20-10-6-8-17-7-4-5-9-19(17)20/h4-5,7,9,11-14,20-22,29H,6,8,10,15H2,1-3H3,(H,27,31)(H,28,32)(H,33,34)/t20-,21+,22-/m1/s1. The molecule has 0 heterocycles. The number of rotatable bonds is 10. The second-order valence-electron chi connectivity index (χ2n) is 9.53. The fourth-order valence-corrected chi connectivity index (χ4v) is 4.83. The summed E-state index contributed by atoms with van der Waals surface area (Å²) in [6.07, 6.45) is 3.09. The van der Waals surface area contributed by atoms with E-state index in [1.54, 1.807) is 32.2 Å². The number of non-ortho nitro benzene ring substituents is 1. The number of nitro groups is 1. The van der Waals surface area contributed by atoms with Gasteiger partial charge < -0.3 is 21.1 Å². The van der Waals surface area contributed by atoms with Gasteiger partial charge in [0.2, 0.25) is 11.8 Å². The molecule has 4 N–H and O–H groups in total. The van der Waals surface area contributed by atoms with Crippen LogP contribution in [-0.2, 0) is 22.4 Å². The summed E-state index contributed by atoms with van der Waals surface area (Å²) in [5.41, 5.74) is 2.74. The first kappa shape index (κ1) is 28.0. The highest BCUT2D eigenvalue weighted by Crippen LogP contribution is 2.30. The summed E-state index contributed by atoms with van der Waals surface area (Å²) in [6.45, 7) is 3.48. The number of benzene rings is 2. The van der Waals surface area contributed by atoms with Gasteiger partial charge in [-0.1, -0.05) is 36.4 Å². The Morgan fingerprint density at radius 2 is 1.78 bits per heavy atom. The van der Waals surface area contributed by atoms with Crippen molar-refractivity contribution in [2.24, 2.45) is 0 Å². The molecule has 0 unspecified atom stereocenters. The summed E-state index contributed by atoms with van der Waals surface area (Å²) in [5, 5.41) is 28.4. The average Bonchev–Trinajstić information content (AvgIpc) is 2.87. The number of aryl methyl sites for hydroxylation is 1. The number of thioether (sulfide) groups is 1. The van der Waals surface area contributed by atoms with Crippen LogP contribution >= 0.6 is 11.8 Å². The lowest BCUT2D eigenvalue weighted by atomic mass is 9.87. The van der Waals surface area contributed by atoms with Crippen molar-refractivity contribution in [3.63, 3.8) is 0 Å². The van der Waals surface area contributed by atoms with E-state index in [9.17, 15) is 29.6 Å².